The first-order valence-corrected chi connectivity index (χ1v) is 8.95. The minimum Gasteiger partial charge on any atom is -0.272 e. The van der Waals surface area contributed by atoms with E-state index in [1.807, 2.05) is 0 Å². The van der Waals surface area contributed by atoms with Crippen LogP contribution in [-0.2, 0) is 13.4 Å². The third-order valence-electron chi connectivity index (χ3n) is 2.34. The summed E-state index contributed by atoms with van der Waals surface area (Å²) in [7, 11) is 0. The number of carbonyl (C=O) groups is 3. The lowest BCUT2D eigenvalue weighted by Gasteiger charge is -2.12. The smallest absolute Gasteiger partial charge is 0.272 e. The molecule has 14 heteroatoms. The van der Waals surface area contributed by atoms with Crippen molar-refractivity contribution in [1.82, 2.24) is 14.8 Å². The van der Waals surface area contributed by atoms with Gasteiger partial charge < -0.3 is 0 Å². The molecule has 0 atom stereocenters. The van der Waals surface area contributed by atoms with E-state index < -0.39 is 19.5 Å². The molecule has 1 aromatic heterocycles. The number of carbonyl (C=O) groups excluding carboxylic acids is 3. The molecule has 0 unspecified atom stereocenters. The summed E-state index contributed by atoms with van der Waals surface area (Å²) in [5.74, 6) is -0.385. The van der Waals surface area contributed by atoms with Gasteiger partial charge in [-0.1, -0.05) is 58.0 Å². The van der Waals surface area contributed by atoms with Crippen LogP contribution in [-0.4, -0.2) is 30.5 Å². The molecule has 0 aliphatic carbocycles. The van der Waals surface area contributed by atoms with E-state index >= 15 is 0 Å². The topological polar surface area (TPSA) is 81.9 Å². The SMILES string of the molecule is O=C(Cl)C(=O)Cl.O=C(Cl)c1nc(C(Cl)(Cl)Cl)n(-c2ccc(Cl)c(Cl)c2)n1. The molecule has 6 nitrogen and oxygen atoms in total. The van der Waals surface area contributed by atoms with Gasteiger partial charge in [-0.2, -0.15) is 0 Å². The lowest BCUT2D eigenvalue weighted by Crippen LogP contribution is -2.11. The summed E-state index contributed by atoms with van der Waals surface area (Å²) in [6.07, 6.45) is 0. The summed E-state index contributed by atoms with van der Waals surface area (Å²) in [5, 5.41) is 1.35. The Labute approximate surface area is 186 Å². The highest BCUT2D eigenvalue weighted by molar-refractivity contribution is 6.97. The van der Waals surface area contributed by atoms with Gasteiger partial charge in [0.15, 0.2) is 5.82 Å². The third kappa shape index (κ3) is 6.69. The van der Waals surface area contributed by atoms with Crippen molar-refractivity contribution in [1.29, 1.82) is 0 Å². The van der Waals surface area contributed by atoms with Crippen LogP contribution in [0.3, 0.4) is 0 Å². The maximum Gasteiger partial charge on any atom is 0.304 e. The predicted molar refractivity (Wildman–Crippen MR) is 103 cm³/mol. The Morgan fingerprint density at radius 2 is 1.46 bits per heavy atom. The number of hydrogen-bond acceptors (Lipinski definition) is 5. The summed E-state index contributed by atoms with van der Waals surface area (Å²) in [6.45, 7) is 0. The molecular formula is C12H3Cl8N3O3. The lowest BCUT2D eigenvalue weighted by molar-refractivity contribution is -0.127. The van der Waals surface area contributed by atoms with Gasteiger partial charge in [-0.3, -0.25) is 14.4 Å². The fourth-order valence-electron chi connectivity index (χ4n) is 1.38. The third-order valence-corrected chi connectivity index (χ3v) is 4.19. The van der Waals surface area contributed by atoms with Crippen molar-refractivity contribution in [2.75, 3.05) is 0 Å². The highest BCUT2D eigenvalue weighted by atomic mass is 35.6. The van der Waals surface area contributed by atoms with Gasteiger partial charge in [0.2, 0.25) is 9.62 Å². The van der Waals surface area contributed by atoms with Crippen molar-refractivity contribution in [3.63, 3.8) is 0 Å². The molecule has 0 aliphatic rings. The zero-order chi connectivity index (χ0) is 20.2. The fourth-order valence-corrected chi connectivity index (χ4v) is 2.11. The number of benzene rings is 1. The van der Waals surface area contributed by atoms with Crippen LogP contribution >= 0.6 is 92.8 Å². The number of nitrogens with zero attached hydrogens (tertiary/aromatic N) is 3. The first-order chi connectivity index (χ1) is 11.8. The number of alkyl halides is 3. The molecular weight excluding hydrogens is 518 g/mol. The molecule has 0 N–H and O–H groups in total. The first-order valence-electron chi connectivity index (χ1n) is 5.93. The zero-order valence-electron chi connectivity index (χ0n) is 11.8. The number of hydrogen-bond donors (Lipinski definition) is 0. The van der Waals surface area contributed by atoms with E-state index in [0.29, 0.717) is 10.7 Å². The van der Waals surface area contributed by atoms with Crippen LogP contribution in [0, 0.1) is 0 Å². The second-order valence-corrected chi connectivity index (χ2v) is 8.21. The Morgan fingerprint density at radius 1 is 0.923 bits per heavy atom. The average Bonchev–Trinajstić information content (AvgIpc) is 2.96. The summed E-state index contributed by atoms with van der Waals surface area (Å²) in [4.78, 5) is 33.8. The Morgan fingerprint density at radius 3 is 1.85 bits per heavy atom. The van der Waals surface area contributed by atoms with Crippen molar-refractivity contribution < 1.29 is 14.4 Å². The monoisotopic (exact) mass is 517 g/mol. The molecule has 2 aromatic rings. The predicted octanol–water partition coefficient (Wildman–Crippen LogP) is 5.30. The molecule has 0 saturated carbocycles. The van der Waals surface area contributed by atoms with E-state index in [-0.39, 0.29) is 16.7 Å². The lowest BCUT2D eigenvalue weighted by atomic mass is 10.3. The van der Waals surface area contributed by atoms with Crippen LogP contribution in [0.4, 0.5) is 0 Å². The van der Waals surface area contributed by atoms with Crippen molar-refractivity contribution in [2.24, 2.45) is 0 Å². The van der Waals surface area contributed by atoms with Crippen LogP contribution in [0.5, 0.6) is 0 Å². The van der Waals surface area contributed by atoms with Crippen molar-refractivity contribution in [3.8, 4) is 5.69 Å². The van der Waals surface area contributed by atoms with E-state index in [2.05, 4.69) is 33.3 Å². The van der Waals surface area contributed by atoms with Gasteiger partial charge in [-0.25, -0.2) is 9.67 Å². The highest BCUT2D eigenvalue weighted by Crippen LogP contribution is 2.38. The number of halogens is 8. The molecule has 0 aliphatic heterocycles. The normalized spacial score (nSPS) is 10.8. The summed E-state index contributed by atoms with van der Waals surface area (Å²) in [6, 6.07) is 4.59. The molecule has 2 rings (SSSR count). The standard InChI is InChI=1S/C10H3Cl6N3O.C2Cl2O2/c11-5-2-1-4(3-6(5)12)19-9(10(14,15)16)17-8(18-19)7(13)20;3-1(5)2(4)6/h1-3H;. The Balaban J connectivity index is 0.000000487. The van der Waals surface area contributed by atoms with Crippen LogP contribution in [0.2, 0.25) is 10.0 Å². The molecule has 0 fully saturated rings. The highest BCUT2D eigenvalue weighted by Gasteiger charge is 2.32. The second kappa shape index (κ2) is 9.75. The fraction of sp³-hybridized carbons (Fsp3) is 0.0833. The summed E-state index contributed by atoms with van der Waals surface area (Å²) >= 11 is 43.4. The molecule has 0 amide bonds. The maximum absolute atomic E-state index is 11.1. The molecule has 0 saturated heterocycles. The van der Waals surface area contributed by atoms with Crippen LogP contribution in [0.1, 0.15) is 16.4 Å². The van der Waals surface area contributed by atoms with Crippen LogP contribution in [0.25, 0.3) is 5.69 Å². The van der Waals surface area contributed by atoms with E-state index in [9.17, 15) is 14.4 Å². The molecule has 1 heterocycles. The van der Waals surface area contributed by atoms with Gasteiger partial charge in [-0.05, 0) is 53.0 Å². The van der Waals surface area contributed by atoms with Crippen molar-refractivity contribution >= 4 is 109 Å². The summed E-state index contributed by atoms with van der Waals surface area (Å²) in [5.41, 5.74) is 0.414. The van der Waals surface area contributed by atoms with Crippen LogP contribution in [0.15, 0.2) is 18.2 Å². The van der Waals surface area contributed by atoms with E-state index in [4.69, 9.17) is 69.6 Å². The largest absolute Gasteiger partial charge is 0.304 e. The van der Waals surface area contributed by atoms with Gasteiger partial charge in [-0.15, -0.1) is 5.10 Å². The van der Waals surface area contributed by atoms with E-state index in [1.54, 1.807) is 6.07 Å². The van der Waals surface area contributed by atoms with E-state index in [1.165, 1.54) is 12.1 Å². The van der Waals surface area contributed by atoms with Gasteiger partial charge in [0.05, 0.1) is 15.7 Å². The van der Waals surface area contributed by atoms with Gasteiger partial charge in [0.1, 0.15) is 0 Å². The molecule has 0 spiro atoms. The molecule has 140 valence electrons. The summed E-state index contributed by atoms with van der Waals surface area (Å²) < 4.78 is -0.742. The minimum absolute atomic E-state index is 0.0927. The van der Waals surface area contributed by atoms with Crippen molar-refractivity contribution in [2.45, 2.75) is 3.79 Å². The Bertz CT molecular complexity index is 850. The maximum atomic E-state index is 11.1. The zero-order valence-corrected chi connectivity index (χ0v) is 17.9. The molecule has 1 aromatic carbocycles. The quantitative estimate of drug-likeness (QED) is 0.312. The number of rotatable bonds is 3. The average molecular weight is 521 g/mol. The molecule has 26 heavy (non-hydrogen) atoms. The Kier molecular flexibility index (Phi) is 8.90. The second-order valence-electron chi connectivity index (χ2n) is 4.09. The van der Waals surface area contributed by atoms with Gasteiger partial charge in [0.25, 0.3) is 5.24 Å². The molecule has 0 bridgehead atoms. The minimum atomic E-state index is -1.90. The van der Waals surface area contributed by atoms with Gasteiger partial charge >= 0.3 is 10.5 Å². The number of aromatic nitrogens is 3. The van der Waals surface area contributed by atoms with Crippen LogP contribution < -0.4 is 0 Å². The first kappa shape index (κ1) is 23.7. The molecule has 0 radical (unpaired) electrons. The van der Waals surface area contributed by atoms with E-state index in [0.717, 1.165) is 4.68 Å². The van der Waals surface area contributed by atoms with Gasteiger partial charge in [0, 0.05) is 0 Å². The Hall–Kier alpha value is -0.310. The van der Waals surface area contributed by atoms with Crippen molar-refractivity contribution in [3.05, 3.63) is 39.9 Å².